The maximum atomic E-state index is 12.7. The zero-order valence-electron chi connectivity index (χ0n) is 14.6. The van der Waals surface area contributed by atoms with Crippen molar-refractivity contribution in [1.82, 2.24) is 9.80 Å². The average Bonchev–Trinajstić information content (AvgIpc) is 3.15. The molecule has 3 heterocycles. The molecule has 1 aromatic heterocycles. The van der Waals surface area contributed by atoms with Crippen molar-refractivity contribution in [3.05, 3.63) is 23.7 Å². The molecule has 0 bridgehead atoms. The highest BCUT2D eigenvalue weighted by Crippen LogP contribution is 2.42. The Balaban J connectivity index is 1.76. The predicted molar refractivity (Wildman–Crippen MR) is 88.8 cm³/mol. The second-order valence-electron chi connectivity index (χ2n) is 7.51. The number of rotatable bonds is 2. The molecular weight excluding hydrogens is 324 g/mol. The summed E-state index contributed by atoms with van der Waals surface area (Å²) in [4.78, 5) is 28.0. The van der Waals surface area contributed by atoms with E-state index >= 15 is 0 Å². The van der Waals surface area contributed by atoms with Crippen LogP contribution in [0.1, 0.15) is 30.2 Å². The minimum atomic E-state index is -1.15. The van der Waals surface area contributed by atoms with E-state index in [0.717, 1.165) is 0 Å². The molecule has 0 unspecified atom stereocenters. The number of carboxylic acids is 1. The highest BCUT2D eigenvalue weighted by molar-refractivity contribution is 5.93. The first kappa shape index (κ1) is 17.5. The van der Waals surface area contributed by atoms with E-state index in [1.165, 1.54) is 6.07 Å². The van der Waals surface area contributed by atoms with Crippen LogP contribution in [0.4, 0.5) is 0 Å². The van der Waals surface area contributed by atoms with Crippen LogP contribution in [-0.2, 0) is 4.79 Å². The van der Waals surface area contributed by atoms with Crippen LogP contribution in [0.2, 0.25) is 0 Å². The Morgan fingerprint density at radius 3 is 2.64 bits per heavy atom. The van der Waals surface area contributed by atoms with Gasteiger partial charge in [0.25, 0.3) is 5.91 Å². The fraction of sp³-hybridized carbons (Fsp3) is 0.556. The monoisotopic (exact) mass is 346 g/mol. The second kappa shape index (κ2) is 5.90. The summed E-state index contributed by atoms with van der Waals surface area (Å²) >= 11 is 0. The van der Waals surface area contributed by atoms with E-state index < -0.39 is 17.0 Å². The van der Waals surface area contributed by atoms with Gasteiger partial charge < -0.3 is 24.4 Å². The number of aliphatic hydroxyl groups is 1. The number of carboxylic acid groups (broad SMARTS) is 1. The zero-order chi connectivity index (χ0) is 18.4. The van der Waals surface area contributed by atoms with Crippen molar-refractivity contribution in [2.45, 2.75) is 19.4 Å². The largest absolute Gasteiger partial charge is 0.481 e. The molecule has 0 aromatic carbocycles. The predicted octanol–water partition coefficient (Wildman–Crippen LogP) is 0.490. The number of carbonyl (C=O) groups excluding carboxylic acids is 1. The number of likely N-dealkylation sites (tertiary alicyclic amines) is 2. The third kappa shape index (κ3) is 3.28. The van der Waals surface area contributed by atoms with E-state index in [4.69, 9.17) is 4.42 Å². The maximum Gasteiger partial charge on any atom is 0.313 e. The Kier molecular flexibility index (Phi) is 4.13. The Hall–Kier alpha value is -2.30. The van der Waals surface area contributed by atoms with Crippen LogP contribution in [-0.4, -0.2) is 70.7 Å². The summed E-state index contributed by atoms with van der Waals surface area (Å²) in [7, 11) is 1.90. The van der Waals surface area contributed by atoms with Gasteiger partial charge in [-0.05, 0) is 38.9 Å². The normalized spacial score (nSPS) is 26.2. The van der Waals surface area contributed by atoms with E-state index in [1.807, 2.05) is 11.9 Å². The first-order valence-electron chi connectivity index (χ1n) is 8.17. The molecule has 2 fully saturated rings. The Morgan fingerprint density at radius 2 is 2.04 bits per heavy atom. The summed E-state index contributed by atoms with van der Waals surface area (Å²) in [5.41, 5.74) is -2.05. The molecule has 7 nitrogen and oxygen atoms in total. The van der Waals surface area contributed by atoms with E-state index in [1.54, 1.807) is 24.8 Å². The quantitative estimate of drug-likeness (QED) is 0.757. The second-order valence-corrected chi connectivity index (χ2v) is 7.51. The molecule has 1 aromatic rings. The number of hydrogen-bond acceptors (Lipinski definition) is 5. The van der Waals surface area contributed by atoms with Crippen molar-refractivity contribution in [2.75, 3.05) is 33.2 Å². The lowest BCUT2D eigenvalue weighted by molar-refractivity contribution is -0.148. The van der Waals surface area contributed by atoms with Crippen LogP contribution < -0.4 is 0 Å². The number of carbonyl (C=O) groups is 2. The highest BCUT2D eigenvalue weighted by Gasteiger charge is 2.58. The lowest BCUT2D eigenvalue weighted by Gasteiger charge is -2.23. The highest BCUT2D eigenvalue weighted by atomic mass is 16.4. The number of hydrogen-bond donors (Lipinski definition) is 2. The molecular formula is C18H22N2O5. The van der Waals surface area contributed by atoms with Crippen molar-refractivity contribution < 1.29 is 24.2 Å². The van der Waals surface area contributed by atoms with Crippen molar-refractivity contribution in [3.8, 4) is 11.8 Å². The zero-order valence-corrected chi connectivity index (χ0v) is 14.6. The fourth-order valence-corrected chi connectivity index (χ4v) is 3.66. The van der Waals surface area contributed by atoms with Gasteiger partial charge in [0.15, 0.2) is 11.5 Å². The molecule has 2 atom stereocenters. The molecule has 2 N–H and O–H groups in total. The van der Waals surface area contributed by atoms with Crippen LogP contribution in [0.5, 0.6) is 0 Å². The molecule has 2 aliphatic heterocycles. The molecule has 0 spiro atoms. The third-order valence-corrected chi connectivity index (χ3v) is 4.80. The Labute approximate surface area is 146 Å². The van der Waals surface area contributed by atoms with Gasteiger partial charge in [-0.3, -0.25) is 9.59 Å². The van der Waals surface area contributed by atoms with E-state index in [0.29, 0.717) is 19.6 Å². The molecule has 2 saturated heterocycles. The van der Waals surface area contributed by atoms with Crippen molar-refractivity contribution in [1.29, 1.82) is 0 Å². The smallest absolute Gasteiger partial charge is 0.313 e. The molecule has 2 aliphatic rings. The van der Waals surface area contributed by atoms with Gasteiger partial charge in [-0.15, -0.1) is 0 Å². The van der Waals surface area contributed by atoms with Crippen molar-refractivity contribution in [3.63, 3.8) is 0 Å². The SMILES string of the molecule is CN1C[C@H]2CN(C(=O)c3ccc(C#CC(C)(C)O)o3)C[C@@]2(C(=O)O)C1. The van der Waals surface area contributed by atoms with Gasteiger partial charge in [0.1, 0.15) is 11.0 Å². The first-order valence-corrected chi connectivity index (χ1v) is 8.17. The third-order valence-electron chi connectivity index (χ3n) is 4.80. The van der Waals surface area contributed by atoms with Gasteiger partial charge in [-0.2, -0.15) is 0 Å². The van der Waals surface area contributed by atoms with Crippen LogP contribution in [0.3, 0.4) is 0 Å². The molecule has 0 radical (unpaired) electrons. The summed E-state index contributed by atoms with van der Waals surface area (Å²) < 4.78 is 5.46. The fourth-order valence-electron chi connectivity index (χ4n) is 3.66. The number of aliphatic carboxylic acids is 1. The van der Waals surface area contributed by atoms with Gasteiger partial charge in [-0.1, -0.05) is 5.92 Å². The van der Waals surface area contributed by atoms with E-state index in [9.17, 15) is 19.8 Å². The van der Waals surface area contributed by atoms with Crippen LogP contribution >= 0.6 is 0 Å². The number of amides is 1. The minimum absolute atomic E-state index is 0.0802. The van der Waals surface area contributed by atoms with Gasteiger partial charge in [-0.25, -0.2) is 0 Å². The van der Waals surface area contributed by atoms with Gasteiger partial charge >= 0.3 is 5.97 Å². The van der Waals surface area contributed by atoms with Crippen LogP contribution in [0.25, 0.3) is 0 Å². The van der Waals surface area contributed by atoms with Crippen molar-refractivity contribution >= 4 is 11.9 Å². The summed E-state index contributed by atoms with van der Waals surface area (Å²) in [6.07, 6.45) is 0. The lowest BCUT2D eigenvalue weighted by atomic mass is 9.81. The number of fused-ring (bicyclic) bond motifs is 1. The van der Waals surface area contributed by atoms with Gasteiger partial charge in [0, 0.05) is 32.1 Å². The van der Waals surface area contributed by atoms with Crippen molar-refractivity contribution in [2.24, 2.45) is 11.3 Å². The first-order chi connectivity index (χ1) is 11.6. The number of nitrogens with zero attached hydrogens (tertiary/aromatic N) is 2. The topological polar surface area (TPSA) is 94.2 Å². The van der Waals surface area contributed by atoms with Crippen LogP contribution in [0, 0.1) is 23.2 Å². The van der Waals surface area contributed by atoms with Gasteiger partial charge in [0.05, 0.1) is 0 Å². The maximum absolute atomic E-state index is 12.7. The summed E-state index contributed by atoms with van der Waals surface area (Å²) in [6, 6.07) is 3.11. The summed E-state index contributed by atoms with van der Waals surface area (Å²) in [5, 5.41) is 19.3. The molecule has 0 aliphatic carbocycles. The molecule has 134 valence electrons. The van der Waals surface area contributed by atoms with E-state index in [-0.39, 0.29) is 29.9 Å². The standard InChI is InChI=1S/C18H22N2O5/c1-17(2,24)7-6-13-4-5-14(25-13)15(21)20-9-12-8-19(3)10-18(12,11-20)16(22)23/h4-5,12,24H,8-11H2,1-3H3,(H,22,23)/t12-,18-/m0/s1. The Morgan fingerprint density at radius 1 is 1.32 bits per heavy atom. The minimum Gasteiger partial charge on any atom is -0.481 e. The summed E-state index contributed by atoms with van der Waals surface area (Å²) in [5.74, 6) is 4.47. The Bertz CT molecular complexity index is 766. The summed E-state index contributed by atoms with van der Waals surface area (Å²) in [6.45, 7) is 4.80. The molecule has 25 heavy (non-hydrogen) atoms. The molecule has 7 heteroatoms. The molecule has 3 rings (SSSR count). The number of furan rings is 1. The van der Waals surface area contributed by atoms with Crippen LogP contribution in [0.15, 0.2) is 16.5 Å². The average molecular weight is 346 g/mol. The van der Waals surface area contributed by atoms with E-state index in [2.05, 4.69) is 11.8 Å². The molecule has 1 amide bonds. The molecule has 0 saturated carbocycles. The lowest BCUT2D eigenvalue weighted by Crippen LogP contribution is -2.41. The van der Waals surface area contributed by atoms with Gasteiger partial charge in [0.2, 0.25) is 0 Å².